The molecule has 1 unspecified atom stereocenters. The highest BCUT2D eigenvalue weighted by Gasteiger charge is 2.20. The number of nitrogens with zero attached hydrogens (tertiary/aromatic N) is 1. The van der Waals surface area contributed by atoms with E-state index >= 15 is 0 Å². The van der Waals surface area contributed by atoms with E-state index in [-0.39, 0.29) is 12.7 Å². The van der Waals surface area contributed by atoms with Crippen LogP contribution in [0.1, 0.15) is 12.0 Å². The van der Waals surface area contributed by atoms with Crippen LogP contribution in [0.4, 0.5) is 0 Å². The standard InChI is InChI=1S/C11H13NO3/c13-7-10-6-11(12-15-10)14-8-9-4-2-1-3-5-9/h1-5,10,13H,6-8H2. The quantitative estimate of drug-likeness (QED) is 0.812. The number of hydrogen-bond donors (Lipinski definition) is 1. The van der Waals surface area contributed by atoms with Crippen LogP contribution in [0.3, 0.4) is 0 Å². The first-order chi connectivity index (χ1) is 7.38. The van der Waals surface area contributed by atoms with Crippen LogP contribution < -0.4 is 0 Å². The fourth-order valence-corrected chi connectivity index (χ4v) is 1.33. The van der Waals surface area contributed by atoms with Gasteiger partial charge in [0.15, 0.2) is 6.10 Å². The van der Waals surface area contributed by atoms with E-state index in [2.05, 4.69) is 5.16 Å². The summed E-state index contributed by atoms with van der Waals surface area (Å²) < 4.78 is 5.43. The molecule has 0 amide bonds. The van der Waals surface area contributed by atoms with Gasteiger partial charge in [0.2, 0.25) is 5.90 Å². The average molecular weight is 207 g/mol. The SMILES string of the molecule is OCC1CC(OCc2ccccc2)=NO1. The molecule has 0 saturated carbocycles. The zero-order valence-corrected chi connectivity index (χ0v) is 8.30. The summed E-state index contributed by atoms with van der Waals surface area (Å²) in [5.74, 6) is 0.554. The Kier molecular flexibility index (Phi) is 3.19. The highest BCUT2D eigenvalue weighted by molar-refractivity contribution is 5.77. The fourth-order valence-electron chi connectivity index (χ4n) is 1.33. The zero-order chi connectivity index (χ0) is 10.5. The Morgan fingerprint density at radius 1 is 1.40 bits per heavy atom. The van der Waals surface area contributed by atoms with Crippen LogP contribution in [0.25, 0.3) is 0 Å². The van der Waals surface area contributed by atoms with Gasteiger partial charge in [-0.1, -0.05) is 35.5 Å². The number of hydrogen-bond acceptors (Lipinski definition) is 4. The molecule has 1 aliphatic heterocycles. The molecule has 2 rings (SSSR count). The maximum absolute atomic E-state index is 8.82. The predicted molar refractivity (Wildman–Crippen MR) is 55.2 cm³/mol. The van der Waals surface area contributed by atoms with Gasteiger partial charge in [0.1, 0.15) is 6.61 Å². The third kappa shape index (κ3) is 2.70. The van der Waals surface area contributed by atoms with Gasteiger partial charge < -0.3 is 14.7 Å². The van der Waals surface area contributed by atoms with Gasteiger partial charge in [-0.3, -0.25) is 0 Å². The molecule has 0 radical (unpaired) electrons. The van der Waals surface area contributed by atoms with E-state index in [1.807, 2.05) is 30.3 Å². The van der Waals surface area contributed by atoms with E-state index in [0.29, 0.717) is 18.9 Å². The van der Waals surface area contributed by atoms with E-state index in [4.69, 9.17) is 14.7 Å². The minimum Gasteiger partial charge on any atom is -0.474 e. The van der Waals surface area contributed by atoms with Crippen molar-refractivity contribution in [1.82, 2.24) is 0 Å². The third-order valence-corrected chi connectivity index (χ3v) is 2.16. The van der Waals surface area contributed by atoms with Gasteiger partial charge in [0, 0.05) is 0 Å². The van der Waals surface area contributed by atoms with E-state index < -0.39 is 0 Å². The summed E-state index contributed by atoms with van der Waals surface area (Å²) in [5, 5.41) is 12.6. The van der Waals surface area contributed by atoms with Crippen molar-refractivity contribution in [3.63, 3.8) is 0 Å². The Bertz CT molecular complexity index is 337. The van der Waals surface area contributed by atoms with Crippen LogP contribution in [-0.4, -0.2) is 23.7 Å². The van der Waals surface area contributed by atoms with Crippen LogP contribution in [-0.2, 0) is 16.2 Å². The highest BCUT2D eigenvalue weighted by Crippen LogP contribution is 2.12. The van der Waals surface area contributed by atoms with Gasteiger partial charge in [-0.2, -0.15) is 0 Å². The van der Waals surface area contributed by atoms with Crippen LogP contribution in [0.2, 0.25) is 0 Å². The van der Waals surface area contributed by atoms with Crippen molar-refractivity contribution in [3.05, 3.63) is 35.9 Å². The Labute approximate surface area is 88.1 Å². The van der Waals surface area contributed by atoms with Crippen molar-refractivity contribution in [2.45, 2.75) is 19.1 Å². The summed E-state index contributed by atoms with van der Waals surface area (Å²) in [6.07, 6.45) is 0.305. The lowest BCUT2D eigenvalue weighted by Crippen LogP contribution is -2.13. The summed E-state index contributed by atoms with van der Waals surface area (Å²) in [4.78, 5) is 4.92. The molecule has 0 saturated heterocycles. The number of aliphatic hydroxyl groups excluding tert-OH is 1. The van der Waals surface area contributed by atoms with Crippen LogP contribution in [0.15, 0.2) is 35.5 Å². The highest BCUT2D eigenvalue weighted by atomic mass is 16.7. The van der Waals surface area contributed by atoms with Crippen molar-refractivity contribution in [3.8, 4) is 0 Å². The molecule has 4 nitrogen and oxygen atoms in total. The van der Waals surface area contributed by atoms with Gasteiger partial charge >= 0.3 is 0 Å². The average Bonchev–Trinajstić information content (AvgIpc) is 2.76. The topological polar surface area (TPSA) is 51.0 Å². The second-order valence-electron chi connectivity index (χ2n) is 3.37. The molecule has 0 fully saturated rings. The number of rotatable bonds is 3. The third-order valence-electron chi connectivity index (χ3n) is 2.16. The van der Waals surface area contributed by atoms with Crippen molar-refractivity contribution < 1.29 is 14.7 Å². The molecule has 4 heteroatoms. The molecule has 0 bridgehead atoms. The first-order valence-electron chi connectivity index (χ1n) is 4.89. The number of benzene rings is 1. The normalized spacial score (nSPS) is 19.5. The molecule has 15 heavy (non-hydrogen) atoms. The summed E-state index contributed by atoms with van der Waals surface area (Å²) >= 11 is 0. The molecule has 0 spiro atoms. The fraction of sp³-hybridized carbons (Fsp3) is 0.364. The van der Waals surface area contributed by atoms with Crippen molar-refractivity contribution in [2.24, 2.45) is 5.16 Å². The first-order valence-corrected chi connectivity index (χ1v) is 4.89. The largest absolute Gasteiger partial charge is 0.474 e. The van der Waals surface area contributed by atoms with E-state index in [1.54, 1.807) is 0 Å². The molecule has 0 aliphatic carbocycles. The van der Waals surface area contributed by atoms with Crippen molar-refractivity contribution in [2.75, 3.05) is 6.61 Å². The summed E-state index contributed by atoms with van der Waals surface area (Å²) in [5.41, 5.74) is 1.09. The molecular formula is C11H13NO3. The maximum atomic E-state index is 8.82. The molecule has 1 N–H and O–H groups in total. The number of ether oxygens (including phenoxy) is 1. The number of oxime groups is 1. The molecule has 1 atom stereocenters. The minimum absolute atomic E-state index is 0.0261. The first kappa shape index (κ1) is 9.98. The van der Waals surface area contributed by atoms with E-state index in [1.165, 1.54) is 0 Å². The summed E-state index contributed by atoms with van der Waals surface area (Å²) in [6.45, 7) is 0.461. The van der Waals surface area contributed by atoms with Crippen molar-refractivity contribution in [1.29, 1.82) is 0 Å². The Morgan fingerprint density at radius 2 is 2.20 bits per heavy atom. The lowest BCUT2D eigenvalue weighted by Gasteiger charge is -2.04. The zero-order valence-electron chi connectivity index (χ0n) is 8.30. The van der Waals surface area contributed by atoms with Gasteiger partial charge in [0.05, 0.1) is 13.0 Å². The molecule has 80 valence electrons. The second-order valence-corrected chi connectivity index (χ2v) is 3.37. The molecule has 1 aliphatic rings. The minimum atomic E-state index is -0.240. The Balaban J connectivity index is 1.80. The molecule has 1 aromatic rings. The molecule has 1 aromatic carbocycles. The van der Waals surface area contributed by atoms with Gasteiger partial charge in [0.25, 0.3) is 0 Å². The molecule has 1 heterocycles. The maximum Gasteiger partial charge on any atom is 0.229 e. The smallest absolute Gasteiger partial charge is 0.229 e. The molecule has 0 aromatic heterocycles. The number of aliphatic hydroxyl groups is 1. The van der Waals surface area contributed by atoms with Gasteiger partial charge in [-0.15, -0.1) is 0 Å². The van der Waals surface area contributed by atoms with E-state index in [0.717, 1.165) is 5.56 Å². The van der Waals surface area contributed by atoms with Crippen molar-refractivity contribution >= 4 is 5.90 Å². The predicted octanol–water partition coefficient (Wildman–Crippen LogP) is 1.30. The lowest BCUT2D eigenvalue weighted by molar-refractivity contribution is 0.0389. The second kappa shape index (κ2) is 4.79. The van der Waals surface area contributed by atoms with E-state index in [9.17, 15) is 0 Å². The summed E-state index contributed by atoms with van der Waals surface area (Å²) in [6, 6.07) is 9.85. The summed E-state index contributed by atoms with van der Waals surface area (Å²) in [7, 11) is 0. The van der Waals surface area contributed by atoms with Crippen LogP contribution in [0.5, 0.6) is 0 Å². The van der Waals surface area contributed by atoms with Crippen LogP contribution in [0, 0.1) is 0 Å². The monoisotopic (exact) mass is 207 g/mol. The van der Waals surface area contributed by atoms with Crippen LogP contribution >= 0.6 is 0 Å². The Morgan fingerprint density at radius 3 is 2.87 bits per heavy atom. The molecular weight excluding hydrogens is 194 g/mol. The van der Waals surface area contributed by atoms with Gasteiger partial charge in [-0.25, -0.2) is 0 Å². The van der Waals surface area contributed by atoms with Gasteiger partial charge in [-0.05, 0) is 5.56 Å². The Hall–Kier alpha value is -1.55. The lowest BCUT2D eigenvalue weighted by atomic mass is 10.2.